The maximum absolute atomic E-state index is 4.71. The summed E-state index contributed by atoms with van der Waals surface area (Å²) in [6.07, 6.45) is 11.8. The Hall–Kier alpha value is -3.22. The zero-order chi connectivity index (χ0) is 20.9. The first-order valence-corrected chi connectivity index (χ1v) is 11.3. The highest BCUT2D eigenvalue weighted by Gasteiger charge is 2.22. The first-order chi connectivity index (χ1) is 15.3. The summed E-state index contributed by atoms with van der Waals surface area (Å²) >= 11 is 0. The Balaban J connectivity index is 1.32. The molecule has 1 fully saturated rings. The molecule has 0 saturated heterocycles. The highest BCUT2D eigenvalue weighted by molar-refractivity contribution is 5.45. The second-order valence-electron chi connectivity index (χ2n) is 8.52. The molecule has 0 amide bonds. The predicted molar refractivity (Wildman–Crippen MR) is 123 cm³/mol. The van der Waals surface area contributed by atoms with Crippen LogP contribution in [0.4, 0.5) is 17.8 Å². The fourth-order valence-corrected chi connectivity index (χ4v) is 4.54. The van der Waals surface area contributed by atoms with Gasteiger partial charge >= 0.3 is 0 Å². The third-order valence-electron chi connectivity index (χ3n) is 6.13. The number of aromatic nitrogens is 4. The molecule has 1 saturated carbocycles. The molecule has 0 atom stereocenters. The number of benzene rings is 1. The molecule has 2 aliphatic carbocycles. The van der Waals surface area contributed by atoms with Gasteiger partial charge in [0.25, 0.3) is 0 Å². The molecular formula is C24H29N7. The molecule has 31 heavy (non-hydrogen) atoms. The van der Waals surface area contributed by atoms with E-state index < -0.39 is 0 Å². The molecule has 5 rings (SSSR count). The number of anilines is 3. The van der Waals surface area contributed by atoms with E-state index in [2.05, 4.69) is 55.2 Å². The quantitative estimate of drug-likeness (QED) is 0.533. The minimum Gasteiger partial charge on any atom is -0.351 e. The third-order valence-corrected chi connectivity index (χ3v) is 6.13. The number of nitrogens with one attached hydrogen (secondary N) is 3. The van der Waals surface area contributed by atoms with Crippen LogP contribution in [-0.2, 0) is 19.4 Å². The van der Waals surface area contributed by atoms with Gasteiger partial charge in [0, 0.05) is 31.0 Å². The van der Waals surface area contributed by atoms with Crippen LogP contribution in [0.5, 0.6) is 0 Å². The van der Waals surface area contributed by atoms with Crippen LogP contribution in [0.2, 0.25) is 0 Å². The maximum atomic E-state index is 4.71. The van der Waals surface area contributed by atoms with E-state index in [0.29, 0.717) is 36.5 Å². The average molecular weight is 416 g/mol. The molecule has 2 aliphatic rings. The second-order valence-corrected chi connectivity index (χ2v) is 8.52. The van der Waals surface area contributed by atoms with E-state index in [0.717, 1.165) is 18.4 Å². The molecule has 0 aliphatic heterocycles. The van der Waals surface area contributed by atoms with E-state index >= 15 is 0 Å². The molecule has 0 spiro atoms. The Morgan fingerprint density at radius 2 is 1.42 bits per heavy atom. The molecule has 2 aromatic heterocycles. The topological polar surface area (TPSA) is 87.7 Å². The van der Waals surface area contributed by atoms with Crippen LogP contribution in [0.1, 0.15) is 48.8 Å². The van der Waals surface area contributed by atoms with E-state index in [1.807, 2.05) is 18.3 Å². The van der Waals surface area contributed by atoms with Crippen LogP contribution in [0.3, 0.4) is 0 Å². The lowest BCUT2D eigenvalue weighted by Crippen LogP contribution is -2.26. The first kappa shape index (κ1) is 19.7. The summed E-state index contributed by atoms with van der Waals surface area (Å²) in [6, 6.07) is 13.3. The molecule has 0 unspecified atom stereocenters. The smallest absolute Gasteiger partial charge is 0.229 e. The lowest BCUT2D eigenvalue weighted by Gasteiger charge is -2.23. The van der Waals surface area contributed by atoms with Gasteiger partial charge < -0.3 is 16.0 Å². The van der Waals surface area contributed by atoms with Crippen molar-refractivity contribution in [3.8, 4) is 0 Å². The van der Waals surface area contributed by atoms with Crippen LogP contribution in [0.15, 0.2) is 48.8 Å². The summed E-state index contributed by atoms with van der Waals surface area (Å²) in [5.41, 5.74) is 3.90. The Morgan fingerprint density at radius 3 is 2.10 bits per heavy atom. The van der Waals surface area contributed by atoms with Gasteiger partial charge in [-0.15, -0.1) is 0 Å². The summed E-state index contributed by atoms with van der Waals surface area (Å²) in [4.78, 5) is 18.2. The largest absolute Gasteiger partial charge is 0.351 e. The Kier molecular flexibility index (Phi) is 5.91. The number of nitrogens with zero attached hydrogens (tertiary/aromatic N) is 4. The number of fused-ring (bicyclic) bond motifs is 1. The fraction of sp³-hybridized carbons (Fsp3) is 0.417. The summed E-state index contributed by atoms with van der Waals surface area (Å²) in [5.74, 6) is 1.85. The number of pyridine rings is 1. The van der Waals surface area contributed by atoms with E-state index in [-0.39, 0.29) is 0 Å². The standard InChI is InChI=1S/C24H29N7/c1-2-10-20(11-3-1)27-23-29-22(26-16-17-7-6-12-25-15-17)30-24(31-23)28-21-13-18-8-4-5-9-19(18)14-21/h4-9,12,15,20-21H,1-3,10-11,13-14,16H2,(H3,26,27,28,29,30,31). The van der Waals surface area contributed by atoms with Gasteiger partial charge in [-0.05, 0) is 48.4 Å². The van der Waals surface area contributed by atoms with Crippen molar-refractivity contribution in [1.29, 1.82) is 0 Å². The predicted octanol–water partition coefficient (Wildman–Crippen LogP) is 4.20. The zero-order valence-electron chi connectivity index (χ0n) is 17.7. The Bertz CT molecular complexity index is 977. The number of rotatable bonds is 7. The molecule has 3 N–H and O–H groups in total. The second kappa shape index (κ2) is 9.29. The van der Waals surface area contributed by atoms with Crippen molar-refractivity contribution >= 4 is 17.8 Å². The first-order valence-electron chi connectivity index (χ1n) is 11.3. The van der Waals surface area contributed by atoms with Gasteiger partial charge in [-0.25, -0.2) is 0 Å². The summed E-state index contributed by atoms with van der Waals surface area (Å²) in [6.45, 7) is 0.620. The Morgan fingerprint density at radius 1 is 0.742 bits per heavy atom. The van der Waals surface area contributed by atoms with Gasteiger partial charge in [0.2, 0.25) is 17.8 Å². The van der Waals surface area contributed by atoms with E-state index in [1.165, 1.54) is 43.2 Å². The van der Waals surface area contributed by atoms with Crippen molar-refractivity contribution in [1.82, 2.24) is 19.9 Å². The van der Waals surface area contributed by atoms with Gasteiger partial charge in [0.05, 0.1) is 0 Å². The molecular weight excluding hydrogens is 386 g/mol. The van der Waals surface area contributed by atoms with Gasteiger partial charge in [0.1, 0.15) is 0 Å². The van der Waals surface area contributed by atoms with E-state index in [1.54, 1.807) is 6.20 Å². The van der Waals surface area contributed by atoms with Crippen LogP contribution in [0.25, 0.3) is 0 Å². The Labute approximate surface area is 183 Å². The minimum atomic E-state index is 0.300. The summed E-state index contributed by atoms with van der Waals surface area (Å²) < 4.78 is 0. The monoisotopic (exact) mass is 415 g/mol. The molecule has 2 heterocycles. The van der Waals surface area contributed by atoms with Gasteiger partial charge in [0.15, 0.2) is 0 Å². The molecule has 0 bridgehead atoms. The van der Waals surface area contributed by atoms with Crippen molar-refractivity contribution in [3.05, 3.63) is 65.5 Å². The summed E-state index contributed by atoms with van der Waals surface area (Å²) in [5, 5.41) is 10.4. The zero-order valence-corrected chi connectivity index (χ0v) is 17.7. The molecule has 7 heteroatoms. The van der Waals surface area contributed by atoms with Crippen LogP contribution in [0, 0.1) is 0 Å². The fourth-order valence-electron chi connectivity index (χ4n) is 4.54. The van der Waals surface area contributed by atoms with Gasteiger partial charge in [-0.2, -0.15) is 15.0 Å². The SMILES string of the molecule is c1cncc(CNc2nc(NC3CCCCC3)nc(NC3Cc4ccccc4C3)n2)c1. The van der Waals surface area contributed by atoms with E-state index in [4.69, 9.17) is 4.98 Å². The van der Waals surface area contributed by atoms with Crippen molar-refractivity contribution in [2.75, 3.05) is 16.0 Å². The average Bonchev–Trinajstić information content (AvgIpc) is 3.21. The van der Waals surface area contributed by atoms with Gasteiger partial charge in [-0.3, -0.25) is 4.98 Å². The number of hydrogen-bond acceptors (Lipinski definition) is 7. The number of hydrogen-bond donors (Lipinski definition) is 3. The van der Waals surface area contributed by atoms with Crippen LogP contribution in [-0.4, -0.2) is 32.0 Å². The lowest BCUT2D eigenvalue weighted by molar-refractivity contribution is 0.461. The minimum absolute atomic E-state index is 0.300. The van der Waals surface area contributed by atoms with Crippen molar-refractivity contribution < 1.29 is 0 Å². The maximum Gasteiger partial charge on any atom is 0.229 e. The van der Waals surface area contributed by atoms with Crippen LogP contribution < -0.4 is 16.0 Å². The van der Waals surface area contributed by atoms with Crippen molar-refractivity contribution in [2.45, 2.75) is 63.6 Å². The lowest BCUT2D eigenvalue weighted by atomic mass is 9.96. The van der Waals surface area contributed by atoms with Crippen LogP contribution >= 0.6 is 0 Å². The molecule has 1 aromatic carbocycles. The normalized spacial score (nSPS) is 16.6. The highest BCUT2D eigenvalue weighted by Crippen LogP contribution is 2.25. The van der Waals surface area contributed by atoms with Crippen molar-refractivity contribution in [2.24, 2.45) is 0 Å². The van der Waals surface area contributed by atoms with Crippen molar-refractivity contribution in [3.63, 3.8) is 0 Å². The van der Waals surface area contributed by atoms with Gasteiger partial charge in [-0.1, -0.05) is 49.6 Å². The van der Waals surface area contributed by atoms with E-state index in [9.17, 15) is 0 Å². The third kappa shape index (κ3) is 5.10. The molecule has 7 nitrogen and oxygen atoms in total. The molecule has 3 aromatic rings. The highest BCUT2D eigenvalue weighted by atomic mass is 15.3. The summed E-state index contributed by atoms with van der Waals surface area (Å²) in [7, 11) is 0. The molecule has 160 valence electrons. The molecule has 0 radical (unpaired) electrons.